The average Bonchev–Trinajstić information content (AvgIpc) is 3.34. The molecule has 0 atom stereocenters. The van der Waals surface area contributed by atoms with E-state index < -0.39 is 10.0 Å². The van der Waals surface area contributed by atoms with E-state index in [0.29, 0.717) is 37.2 Å². The maximum atomic E-state index is 12.4. The van der Waals surface area contributed by atoms with Crippen LogP contribution in [-0.4, -0.2) is 42.7 Å². The molecular weight excluding hydrogens is 400 g/mol. The number of aromatic nitrogens is 2. The van der Waals surface area contributed by atoms with E-state index >= 15 is 0 Å². The van der Waals surface area contributed by atoms with E-state index in [0.717, 1.165) is 12.4 Å². The molecular formula is C22H24N4O3S. The highest BCUT2D eigenvalue weighted by Gasteiger charge is 2.28. The number of hydrogen-bond acceptors (Lipinski definition) is 4. The van der Waals surface area contributed by atoms with Gasteiger partial charge in [-0.25, -0.2) is 13.4 Å². The maximum Gasteiger partial charge on any atom is 0.251 e. The molecule has 4 rings (SSSR count). The summed E-state index contributed by atoms with van der Waals surface area (Å²) in [4.78, 5) is 16.8. The summed E-state index contributed by atoms with van der Waals surface area (Å²) >= 11 is 0. The number of carbonyl (C=O) groups is 1. The van der Waals surface area contributed by atoms with Crippen LogP contribution in [0.3, 0.4) is 0 Å². The van der Waals surface area contributed by atoms with Crippen LogP contribution >= 0.6 is 0 Å². The van der Waals surface area contributed by atoms with Crippen molar-refractivity contribution in [1.29, 1.82) is 0 Å². The van der Waals surface area contributed by atoms with Crippen LogP contribution in [0.1, 0.15) is 28.2 Å². The fourth-order valence-corrected chi connectivity index (χ4v) is 5.16. The van der Waals surface area contributed by atoms with Gasteiger partial charge in [0.15, 0.2) is 0 Å². The monoisotopic (exact) mass is 424 g/mol. The van der Waals surface area contributed by atoms with Gasteiger partial charge < -0.3 is 9.88 Å². The number of rotatable bonds is 7. The number of nitrogens with one attached hydrogen (secondary N) is 1. The summed E-state index contributed by atoms with van der Waals surface area (Å²) in [6.07, 6.45) is 4.96. The largest absolute Gasteiger partial charge is 0.352 e. The van der Waals surface area contributed by atoms with Crippen molar-refractivity contribution in [3.05, 3.63) is 83.9 Å². The molecule has 0 unspecified atom stereocenters. The Balaban J connectivity index is 1.32. The smallest absolute Gasteiger partial charge is 0.251 e. The lowest BCUT2D eigenvalue weighted by atomic mass is 10.2. The molecule has 2 heterocycles. The molecule has 1 aromatic heterocycles. The quantitative estimate of drug-likeness (QED) is 0.631. The highest BCUT2D eigenvalue weighted by Crippen LogP contribution is 2.24. The lowest BCUT2D eigenvalue weighted by Gasteiger charge is -2.17. The lowest BCUT2D eigenvalue weighted by Crippen LogP contribution is -2.27. The standard InChI is InChI=1S/C22H24N4O3S/c27-22(19-7-9-20(10-8-19)26-14-4-16-30(26,28)29)24-12-11-21-23-13-15-25(21)17-18-5-2-1-3-6-18/h1-3,5-10,13,15H,4,11-12,14,16-17H2,(H,24,27). The highest BCUT2D eigenvalue weighted by atomic mass is 32.2. The van der Waals surface area contributed by atoms with Gasteiger partial charge >= 0.3 is 0 Å². The SMILES string of the molecule is O=C(NCCc1nccn1Cc1ccccc1)c1ccc(N2CCCS2(=O)=O)cc1. The molecule has 0 aliphatic carbocycles. The predicted octanol–water partition coefficient (Wildman–Crippen LogP) is 2.44. The van der Waals surface area contributed by atoms with Gasteiger partial charge in [0.25, 0.3) is 5.91 Å². The van der Waals surface area contributed by atoms with E-state index in [4.69, 9.17) is 0 Å². The summed E-state index contributed by atoms with van der Waals surface area (Å²) in [5.41, 5.74) is 2.30. The van der Waals surface area contributed by atoms with Crippen molar-refractivity contribution in [3.63, 3.8) is 0 Å². The molecule has 1 fully saturated rings. The molecule has 2 aromatic carbocycles. The minimum absolute atomic E-state index is 0.176. The zero-order chi connectivity index (χ0) is 21.0. The second-order valence-electron chi connectivity index (χ2n) is 7.25. The number of benzene rings is 2. The summed E-state index contributed by atoms with van der Waals surface area (Å²) in [6.45, 7) is 1.70. The molecule has 1 N–H and O–H groups in total. The topological polar surface area (TPSA) is 84.3 Å². The van der Waals surface area contributed by atoms with Crippen LogP contribution in [0.2, 0.25) is 0 Å². The van der Waals surface area contributed by atoms with E-state index in [1.54, 1.807) is 30.5 Å². The van der Waals surface area contributed by atoms with E-state index in [2.05, 4.69) is 27.0 Å². The Kier molecular flexibility index (Phi) is 5.85. The minimum atomic E-state index is -3.22. The third kappa shape index (κ3) is 4.54. The fourth-order valence-electron chi connectivity index (χ4n) is 3.59. The molecule has 0 spiro atoms. The molecule has 0 saturated carbocycles. The van der Waals surface area contributed by atoms with Crippen LogP contribution in [0, 0.1) is 0 Å². The molecule has 30 heavy (non-hydrogen) atoms. The molecule has 0 bridgehead atoms. The molecule has 1 aliphatic heterocycles. The molecule has 1 amide bonds. The van der Waals surface area contributed by atoms with Crippen LogP contribution in [0.4, 0.5) is 5.69 Å². The number of amides is 1. The summed E-state index contributed by atoms with van der Waals surface area (Å²) in [5.74, 6) is 0.899. The Morgan fingerprint density at radius 3 is 2.53 bits per heavy atom. The van der Waals surface area contributed by atoms with E-state index in [-0.39, 0.29) is 11.7 Å². The van der Waals surface area contributed by atoms with Gasteiger partial charge in [-0.1, -0.05) is 30.3 Å². The average molecular weight is 425 g/mol. The Morgan fingerprint density at radius 1 is 1.07 bits per heavy atom. The molecule has 1 aliphatic rings. The molecule has 0 radical (unpaired) electrons. The minimum Gasteiger partial charge on any atom is -0.352 e. The van der Waals surface area contributed by atoms with E-state index in [1.807, 2.05) is 24.4 Å². The highest BCUT2D eigenvalue weighted by molar-refractivity contribution is 7.93. The fraction of sp³-hybridized carbons (Fsp3) is 0.273. The first-order valence-corrected chi connectivity index (χ1v) is 11.6. The van der Waals surface area contributed by atoms with Gasteiger partial charge in [-0.05, 0) is 36.2 Å². The zero-order valence-corrected chi connectivity index (χ0v) is 17.4. The predicted molar refractivity (Wildman–Crippen MR) is 116 cm³/mol. The van der Waals surface area contributed by atoms with E-state index in [9.17, 15) is 13.2 Å². The van der Waals surface area contributed by atoms with Crippen molar-refractivity contribution >= 4 is 21.6 Å². The van der Waals surface area contributed by atoms with Crippen molar-refractivity contribution in [1.82, 2.24) is 14.9 Å². The number of carbonyl (C=O) groups excluding carboxylic acids is 1. The number of imidazole rings is 1. The van der Waals surface area contributed by atoms with Crippen LogP contribution in [0.25, 0.3) is 0 Å². The Hall–Kier alpha value is -3.13. The summed E-state index contributed by atoms with van der Waals surface area (Å²) < 4.78 is 27.5. The van der Waals surface area contributed by atoms with Crippen LogP contribution < -0.4 is 9.62 Å². The first-order valence-electron chi connectivity index (χ1n) is 9.95. The van der Waals surface area contributed by atoms with Crippen molar-refractivity contribution in [2.24, 2.45) is 0 Å². The van der Waals surface area contributed by atoms with Crippen molar-refractivity contribution < 1.29 is 13.2 Å². The molecule has 7 nitrogen and oxygen atoms in total. The van der Waals surface area contributed by atoms with Crippen LogP contribution in [0.5, 0.6) is 0 Å². The third-order valence-electron chi connectivity index (χ3n) is 5.15. The number of hydrogen-bond donors (Lipinski definition) is 1. The lowest BCUT2D eigenvalue weighted by molar-refractivity contribution is 0.0954. The van der Waals surface area contributed by atoms with Crippen LogP contribution in [-0.2, 0) is 23.0 Å². The first kappa shape index (κ1) is 20.2. The Bertz CT molecular complexity index is 1110. The second-order valence-corrected chi connectivity index (χ2v) is 9.26. The number of nitrogens with zero attached hydrogens (tertiary/aromatic N) is 3. The molecule has 1 saturated heterocycles. The molecule has 3 aromatic rings. The van der Waals surface area contributed by atoms with Gasteiger partial charge in [0, 0.05) is 44.0 Å². The first-order chi connectivity index (χ1) is 14.5. The van der Waals surface area contributed by atoms with Gasteiger partial charge in [-0.15, -0.1) is 0 Å². The number of anilines is 1. The number of sulfonamides is 1. The summed E-state index contributed by atoms with van der Waals surface area (Å²) in [6, 6.07) is 16.8. The molecule has 8 heteroatoms. The van der Waals surface area contributed by atoms with Crippen LogP contribution in [0.15, 0.2) is 67.0 Å². The van der Waals surface area contributed by atoms with Gasteiger partial charge in [-0.2, -0.15) is 0 Å². The van der Waals surface area contributed by atoms with Crippen molar-refractivity contribution in [2.45, 2.75) is 19.4 Å². The third-order valence-corrected chi connectivity index (χ3v) is 7.02. The zero-order valence-electron chi connectivity index (χ0n) is 16.6. The summed E-state index contributed by atoms with van der Waals surface area (Å²) in [5, 5.41) is 2.91. The Morgan fingerprint density at radius 2 is 1.83 bits per heavy atom. The maximum absolute atomic E-state index is 12.4. The van der Waals surface area contributed by atoms with E-state index in [1.165, 1.54) is 9.87 Å². The van der Waals surface area contributed by atoms with Gasteiger partial charge in [0.05, 0.1) is 11.4 Å². The second kappa shape index (κ2) is 8.71. The van der Waals surface area contributed by atoms with Gasteiger partial charge in [0.1, 0.15) is 5.82 Å². The molecule has 156 valence electrons. The Labute approximate surface area is 176 Å². The summed E-state index contributed by atoms with van der Waals surface area (Å²) in [7, 11) is -3.22. The van der Waals surface area contributed by atoms with Crippen molar-refractivity contribution in [2.75, 3.05) is 23.1 Å². The van der Waals surface area contributed by atoms with Crippen molar-refractivity contribution in [3.8, 4) is 0 Å². The van der Waals surface area contributed by atoms with Gasteiger partial charge in [-0.3, -0.25) is 9.10 Å². The normalized spacial score (nSPS) is 15.3. The van der Waals surface area contributed by atoms with Gasteiger partial charge in [0.2, 0.25) is 10.0 Å².